The molecule has 6 rings (SSSR count). The molecule has 2 aromatic heterocycles. The minimum absolute atomic E-state index is 0.0276. The number of aliphatic carboxylic acids is 2. The zero-order chi connectivity index (χ0) is 31.1. The van der Waals surface area contributed by atoms with Crippen LogP contribution in [-0.4, -0.2) is 62.8 Å². The Morgan fingerprint density at radius 2 is 1.64 bits per heavy atom. The number of nitrogens with zero attached hydrogens (tertiary/aromatic N) is 3. The molecule has 0 bridgehead atoms. The zero-order valence-electron chi connectivity index (χ0n) is 23.7. The summed E-state index contributed by atoms with van der Waals surface area (Å²) < 4.78 is 8.55. The van der Waals surface area contributed by atoms with Gasteiger partial charge < -0.3 is 14.9 Å². The first-order chi connectivity index (χ1) is 21.3. The van der Waals surface area contributed by atoms with E-state index in [1.807, 2.05) is 48.5 Å². The van der Waals surface area contributed by atoms with Crippen LogP contribution in [0.5, 0.6) is 5.75 Å². The Bertz CT molecular complexity index is 1860. The number of aromatic nitrogens is 2. The normalized spacial score (nSPS) is 13.3. The summed E-state index contributed by atoms with van der Waals surface area (Å²) in [6, 6.07) is 22.0. The third-order valence-corrected chi connectivity index (χ3v) is 8.59. The summed E-state index contributed by atoms with van der Waals surface area (Å²) >= 11 is 7.50. The Kier molecular flexibility index (Phi) is 10.1. The number of benzene rings is 3. The molecule has 3 heterocycles. The maximum atomic E-state index is 13.4. The van der Waals surface area contributed by atoms with Crippen molar-refractivity contribution in [2.45, 2.75) is 19.4 Å². The number of hydrogen-bond acceptors (Lipinski definition) is 7. The van der Waals surface area contributed by atoms with Crippen LogP contribution in [0, 0.1) is 0 Å². The summed E-state index contributed by atoms with van der Waals surface area (Å²) in [7, 11) is 0. The van der Waals surface area contributed by atoms with Gasteiger partial charge in [-0.25, -0.2) is 14.6 Å². The molecule has 9 nitrogen and oxygen atoms in total. The fourth-order valence-electron chi connectivity index (χ4n) is 5.03. The molecule has 1 aliphatic rings. The first-order valence-corrected chi connectivity index (χ1v) is 15.2. The third-order valence-electron chi connectivity index (χ3n) is 7.18. The highest BCUT2D eigenvalue weighted by Gasteiger charge is 2.14. The fraction of sp³-hybridized carbons (Fsp3) is 0.212. The van der Waals surface area contributed by atoms with Crippen molar-refractivity contribution in [1.29, 1.82) is 0 Å². The second-order valence-corrected chi connectivity index (χ2v) is 11.7. The standard InChI is InChI=1S/C29H26ClN3O2S.C4H4O4/c30-22-10-7-20(8-11-22)27-17-25-28(36-27)29(34)33(19-31-25)18-21-9-12-26(24-6-2-1-5-23(21)24)35-16-15-32-13-3-4-14-32;5-3(6)1-2-4(7)8/h1-2,5-12,17,19H,3-4,13-16,18H2;1-2H,(H,5,6)(H,7,8)/b;2-1-. The molecular formula is C33H30ClN3O6S. The van der Waals surface area contributed by atoms with Gasteiger partial charge >= 0.3 is 11.9 Å². The molecule has 0 unspecified atom stereocenters. The lowest BCUT2D eigenvalue weighted by Crippen LogP contribution is -2.25. The number of carboxylic acid groups (broad SMARTS) is 2. The van der Waals surface area contributed by atoms with E-state index < -0.39 is 11.9 Å². The number of likely N-dealkylation sites (tertiary alicyclic amines) is 1. The van der Waals surface area contributed by atoms with E-state index in [1.54, 1.807) is 10.9 Å². The summed E-state index contributed by atoms with van der Waals surface area (Å²) in [6.45, 7) is 4.42. The number of carboxylic acids is 2. The zero-order valence-corrected chi connectivity index (χ0v) is 25.3. The Labute approximate surface area is 262 Å². The predicted octanol–water partition coefficient (Wildman–Crippen LogP) is 6.17. The SMILES string of the molecule is O=C(O)/C=C\C(=O)O.O=c1c2sc(-c3ccc(Cl)cc3)cc2ncn1Cc1ccc(OCCN2CCCC2)c2ccccc12. The average molecular weight is 632 g/mol. The van der Waals surface area contributed by atoms with Crippen LogP contribution in [0.1, 0.15) is 18.4 Å². The van der Waals surface area contributed by atoms with Crippen molar-refractivity contribution in [1.82, 2.24) is 14.5 Å². The van der Waals surface area contributed by atoms with Crippen molar-refractivity contribution >= 4 is 55.9 Å². The highest BCUT2D eigenvalue weighted by molar-refractivity contribution is 7.22. The maximum Gasteiger partial charge on any atom is 0.328 e. The molecule has 0 amide bonds. The summed E-state index contributed by atoms with van der Waals surface area (Å²) in [6.07, 6.45) is 5.33. The van der Waals surface area contributed by atoms with Gasteiger partial charge in [0.15, 0.2) is 0 Å². The smallest absolute Gasteiger partial charge is 0.328 e. The van der Waals surface area contributed by atoms with Crippen LogP contribution in [-0.2, 0) is 16.1 Å². The second kappa shape index (κ2) is 14.3. The molecule has 0 spiro atoms. The molecule has 0 atom stereocenters. The lowest BCUT2D eigenvalue weighted by molar-refractivity contribution is -0.134. The second-order valence-electron chi connectivity index (χ2n) is 10.2. The number of fused-ring (bicyclic) bond motifs is 2. The van der Waals surface area contributed by atoms with Crippen LogP contribution in [0.15, 0.2) is 90.0 Å². The van der Waals surface area contributed by atoms with Gasteiger partial charge in [-0.15, -0.1) is 11.3 Å². The van der Waals surface area contributed by atoms with Gasteiger partial charge in [-0.3, -0.25) is 14.3 Å². The van der Waals surface area contributed by atoms with Crippen molar-refractivity contribution in [3.05, 3.63) is 106 Å². The molecule has 2 N–H and O–H groups in total. The maximum absolute atomic E-state index is 13.4. The molecule has 3 aromatic carbocycles. The molecule has 226 valence electrons. The van der Waals surface area contributed by atoms with Gasteiger partial charge in [0, 0.05) is 34.0 Å². The largest absolute Gasteiger partial charge is 0.492 e. The number of halogens is 1. The Morgan fingerprint density at radius 1 is 0.955 bits per heavy atom. The molecule has 0 aliphatic carbocycles. The lowest BCUT2D eigenvalue weighted by Gasteiger charge is -2.17. The number of ether oxygens (including phenoxy) is 1. The Morgan fingerprint density at radius 3 is 2.32 bits per heavy atom. The minimum atomic E-state index is -1.26. The number of thiophene rings is 1. The molecule has 0 radical (unpaired) electrons. The molecular weight excluding hydrogens is 602 g/mol. The first kappa shape index (κ1) is 30.9. The first-order valence-electron chi connectivity index (χ1n) is 14.0. The number of hydrogen-bond donors (Lipinski definition) is 2. The molecule has 1 saturated heterocycles. The van der Waals surface area contributed by atoms with Crippen LogP contribution < -0.4 is 10.3 Å². The topological polar surface area (TPSA) is 122 Å². The van der Waals surface area contributed by atoms with E-state index in [1.165, 1.54) is 37.3 Å². The van der Waals surface area contributed by atoms with E-state index in [2.05, 4.69) is 28.1 Å². The van der Waals surface area contributed by atoms with Gasteiger partial charge in [-0.2, -0.15) is 0 Å². The molecule has 44 heavy (non-hydrogen) atoms. The van der Waals surface area contributed by atoms with Crippen molar-refractivity contribution in [3.63, 3.8) is 0 Å². The van der Waals surface area contributed by atoms with Crippen molar-refractivity contribution in [2.75, 3.05) is 26.2 Å². The van der Waals surface area contributed by atoms with Crippen LogP contribution in [0.25, 0.3) is 31.4 Å². The van der Waals surface area contributed by atoms with Crippen LogP contribution in [0.2, 0.25) is 5.02 Å². The van der Waals surface area contributed by atoms with Gasteiger partial charge in [0.05, 0.1) is 18.4 Å². The minimum Gasteiger partial charge on any atom is -0.492 e. The number of rotatable bonds is 9. The van der Waals surface area contributed by atoms with Crippen molar-refractivity contribution < 1.29 is 24.5 Å². The van der Waals surface area contributed by atoms with Crippen LogP contribution >= 0.6 is 22.9 Å². The molecule has 11 heteroatoms. The molecule has 5 aromatic rings. The number of carbonyl (C=O) groups is 2. The summed E-state index contributed by atoms with van der Waals surface area (Å²) in [4.78, 5) is 40.5. The van der Waals surface area contributed by atoms with Gasteiger partial charge in [-0.1, -0.05) is 54.1 Å². The lowest BCUT2D eigenvalue weighted by atomic mass is 10.0. The molecule has 1 aliphatic heterocycles. The van der Waals surface area contributed by atoms with Crippen molar-refractivity contribution in [2.24, 2.45) is 0 Å². The van der Waals surface area contributed by atoms with Gasteiger partial charge in [0.1, 0.15) is 17.1 Å². The Balaban J connectivity index is 0.000000426. The Hall–Kier alpha value is -4.51. The van der Waals surface area contributed by atoms with Gasteiger partial charge in [0.2, 0.25) is 0 Å². The van der Waals surface area contributed by atoms with E-state index >= 15 is 0 Å². The highest BCUT2D eigenvalue weighted by atomic mass is 35.5. The van der Waals surface area contributed by atoms with E-state index in [-0.39, 0.29) is 5.56 Å². The predicted molar refractivity (Wildman–Crippen MR) is 173 cm³/mol. The summed E-state index contributed by atoms with van der Waals surface area (Å²) in [5, 5.41) is 18.5. The van der Waals surface area contributed by atoms with Gasteiger partial charge in [0.25, 0.3) is 5.56 Å². The van der Waals surface area contributed by atoms with E-state index in [0.717, 1.165) is 44.6 Å². The third kappa shape index (κ3) is 7.71. The highest BCUT2D eigenvalue weighted by Crippen LogP contribution is 2.32. The van der Waals surface area contributed by atoms with Crippen molar-refractivity contribution in [3.8, 4) is 16.2 Å². The summed E-state index contributed by atoms with van der Waals surface area (Å²) in [5.41, 5.74) is 2.79. The van der Waals surface area contributed by atoms with E-state index in [4.69, 9.17) is 26.6 Å². The molecule has 0 saturated carbocycles. The monoisotopic (exact) mass is 631 g/mol. The molecule has 1 fully saturated rings. The van der Waals surface area contributed by atoms with Crippen LogP contribution in [0.4, 0.5) is 0 Å². The quantitative estimate of drug-likeness (QED) is 0.185. The van der Waals surface area contributed by atoms with Gasteiger partial charge in [-0.05, 0) is 66.7 Å². The van der Waals surface area contributed by atoms with E-state index in [9.17, 15) is 14.4 Å². The van der Waals surface area contributed by atoms with Crippen LogP contribution in [0.3, 0.4) is 0 Å². The summed E-state index contributed by atoms with van der Waals surface area (Å²) in [5.74, 6) is -1.62. The average Bonchev–Trinajstić information content (AvgIpc) is 3.70. The van der Waals surface area contributed by atoms with E-state index in [0.29, 0.717) is 35.0 Å². The fourth-order valence-corrected chi connectivity index (χ4v) is 6.22.